The fourth-order valence-corrected chi connectivity index (χ4v) is 5.92. The number of hydrogen-bond acceptors (Lipinski definition) is 2. The first-order chi connectivity index (χ1) is 14.5. The molecular weight excluding hydrogens is 374 g/mol. The Balaban J connectivity index is 1.77. The number of amides is 1. The smallest absolute Gasteiger partial charge is 0.275 e. The highest BCUT2D eigenvalue weighted by Gasteiger charge is 2.30. The molecule has 5 nitrogen and oxygen atoms in total. The Labute approximate surface area is 177 Å². The Hall–Kier alpha value is -2.56. The van der Waals surface area contributed by atoms with Gasteiger partial charge in [-0.2, -0.15) is 0 Å². The zero-order chi connectivity index (χ0) is 21.0. The number of benzene rings is 1. The molecule has 5 heteroatoms. The van der Waals surface area contributed by atoms with E-state index in [1.54, 1.807) is 0 Å². The Morgan fingerprint density at radius 2 is 1.70 bits per heavy atom. The lowest BCUT2D eigenvalue weighted by atomic mass is 9.91. The lowest BCUT2D eigenvalue weighted by Crippen LogP contribution is -2.43. The van der Waals surface area contributed by atoms with Crippen LogP contribution in [0.15, 0.2) is 35.3 Å². The Kier molecular flexibility index (Phi) is 4.72. The largest absolute Gasteiger partial charge is 0.339 e. The summed E-state index contributed by atoms with van der Waals surface area (Å²) in [5.41, 5.74) is 2.39. The van der Waals surface area contributed by atoms with Crippen molar-refractivity contribution in [3.63, 3.8) is 0 Å². The van der Waals surface area contributed by atoms with Gasteiger partial charge in [-0.15, -0.1) is 0 Å². The van der Waals surface area contributed by atoms with Crippen LogP contribution < -0.4 is 5.56 Å². The SMILES string of the molecule is CC1CC(C)CN(C(=O)c2cn(C3CCCC3)c(=O)c3c2c2ccccc2n3C)C1. The molecule has 2 fully saturated rings. The van der Waals surface area contributed by atoms with E-state index in [4.69, 9.17) is 0 Å². The second-order valence-corrected chi connectivity index (χ2v) is 9.65. The number of para-hydroxylation sites is 1. The minimum Gasteiger partial charge on any atom is -0.339 e. The fourth-order valence-electron chi connectivity index (χ4n) is 5.92. The molecule has 2 unspecified atom stereocenters. The third-order valence-electron chi connectivity index (χ3n) is 7.19. The van der Waals surface area contributed by atoms with Gasteiger partial charge in [0.1, 0.15) is 5.52 Å². The van der Waals surface area contributed by atoms with E-state index in [0.29, 0.717) is 22.9 Å². The van der Waals surface area contributed by atoms with Gasteiger partial charge in [-0.1, -0.05) is 44.9 Å². The van der Waals surface area contributed by atoms with Crippen LogP contribution in [0.4, 0.5) is 0 Å². The molecule has 1 saturated carbocycles. The molecule has 2 atom stereocenters. The van der Waals surface area contributed by atoms with Gasteiger partial charge in [0.25, 0.3) is 11.5 Å². The molecule has 0 N–H and O–H groups in total. The van der Waals surface area contributed by atoms with Crippen LogP contribution in [0.1, 0.15) is 62.4 Å². The summed E-state index contributed by atoms with van der Waals surface area (Å²) >= 11 is 0. The number of hydrogen-bond donors (Lipinski definition) is 0. The van der Waals surface area contributed by atoms with Gasteiger partial charge in [-0.25, -0.2) is 0 Å². The van der Waals surface area contributed by atoms with E-state index >= 15 is 0 Å². The minimum atomic E-state index is 0.0348. The molecule has 1 aliphatic heterocycles. The van der Waals surface area contributed by atoms with Crippen molar-refractivity contribution in [3.05, 3.63) is 46.4 Å². The first kappa shape index (κ1) is 19.4. The van der Waals surface area contributed by atoms with Gasteiger partial charge in [0.2, 0.25) is 0 Å². The number of rotatable bonds is 2. The Morgan fingerprint density at radius 1 is 1.03 bits per heavy atom. The summed E-state index contributed by atoms with van der Waals surface area (Å²) in [6, 6.07) is 8.25. The average molecular weight is 406 g/mol. The Bertz CT molecular complexity index is 1170. The van der Waals surface area contributed by atoms with Crippen LogP contribution in [0.3, 0.4) is 0 Å². The number of aromatic nitrogens is 2. The zero-order valence-electron chi connectivity index (χ0n) is 18.2. The van der Waals surface area contributed by atoms with Crippen LogP contribution in [0.25, 0.3) is 21.8 Å². The summed E-state index contributed by atoms with van der Waals surface area (Å²) in [5.74, 6) is 1.07. The quantitative estimate of drug-likeness (QED) is 0.619. The van der Waals surface area contributed by atoms with E-state index in [9.17, 15) is 9.59 Å². The summed E-state index contributed by atoms with van der Waals surface area (Å²) in [6.45, 7) is 6.03. The molecule has 2 aliphatic rings. The van der Waals surface area contributed by atoms with Gasteiger partial charge in [-0.05, 0) is 37.2 Å². The number of likely N-dealkylation sites (tertiary alicyclic amines) is 1. The van der Waals surface area contributed by atoms with Crippen molar-refractivity contribution < 1.29 is 4.79 Å². The second kappa shape index (κ2) is 7.29. The second-order valence-electron chi connectivity index (χ2n) is 9.65. The topological polar surface area (TPSA) is 47.2 Å². The van der Waals surface area contributed by atoms with Crippen LogP contribution in [-0.2, 0) is 7.05 Å². The predicted molar refractivity (Wildman–Crippen MR) is 121 cm³/mol. The van der Waals surface area contributed by atoms with E-state index < -0.39 is 0 Å². The van der Waals surface area contributed by atoms with Gasteiger partial charge < -0.3 is 14.0 Å². The van der Waals surface area contributed by atoms with Crippen molar-refractivity contribution in [1.82, 2.24) is 14.0 Å². The summed E-state index contributed by atoms with van der Waals surface area (Å²) in [5, 5.41) is 1.82. The maximum Gasteiger partial charge on any atom is 0.275 e. The summed E-state index contributed by atoms with van der Waals surface area (Å²) in [7, 11) is 1.95. The number of carbonyl (C=O) groups is 1. The molecule has 1 aliphatic carbocycles. The molecule has 30 heavy (non-hydrogen) atoms. The van der Waals surface area contributed by atoms with Crippen molar-refractivity contribution in [3.8, 4) is 0 Å². The molecule has 0 bridgehead atoms. The number of nitrogens with zero attached hydrogens (tertiary/aromatic N) is 3. The van der Waals surface area contributed by atoms with Gasteiger partial charge in [0, 0.05) is 48.7 Å². The third-order valence-corrected chi connectivity index (χ3v) is 7.19. The monoisotopic (exact) mass is 405 g/mol. The highest BCUT2D eigenvalue weighted by atomic mass is 16.2. The highest BCUT2D eigenvalue weighted by Crippen LogP contribution is 2.34. The van der Waals surface area contributed by atoms with Crippen LogP contribution in [0.2, 0.25) is 0 Å². The van der Waals surface area contributed by atoms with E-state index in [0.717, 1.165) is 61.5 Å². The van der Waals surface area contributed by atoms with Gasteiger partial charge >= 0.3 is 0 Å². The standard InChI is InChI=1S/C25H31N3O2/c1-16-12-17(2)14-27(13-16)24(29)20-15-28(18-8-4-5-9-18)25(30)23-22(20)19-10-6-7-11-21(19)26(23)3/h6-7,10-11,15-18H,4-5,8-9,12-14H2,1-3H3. The fraction of sp³-hybridized carbons (Fsp3) is 0.520. The molecule has 1 saturated heterocycles. The van der Waals surface area contributed by atoms with E-state index in [1.165, 1.54) is 0 Å². The number of fused-ring (bicyclic) bond motifs is 3. The Morgan fingerprint density at radius 3 is 2.40 bits per heavy atom. The van der Waals surface area contributed by atoms with Crippen LogP contribution in [-0.4, -0.2) is 33.0 Å². The number of pyridine rings is 1. The summed E-state index contributed by atoms with van der Waals surface area (Å²) in [6.07, 6.45) is 7.37. The lowest BCUT2D eigenvalue weighted by molar-refractivity contribution is 0.0624. The molecule has 158 valence electrons. The van der Waals surface area contributed by atoms with Crippen LogP contribution >= 0.6 is 0 Å². The van der Waals surface area contributed by atoms with E-state index in [1.807, 2.05) is 51.5 Å². The normalized spacial score (nSPS) is 23.0. The lowest BCUT2D eigenvalue weighted by Gasteiger charge is -2.35. The predicted octanol–water partition coefficient (Wildman–Crippen LogP) is 4.73. The van der Waals surface area contributed by atoms with Crippen molar-refractivity contribution in [2.45, 2.75) is 52.0 Å². The van der Waals surface area contributed by atoms with Crippen molar-refractivity contribution >= 4 is 27.7 Å². The van der Waals surface area contributed by atoms with Crippen molar-refractivity contribution in [1.29, 1.82) is 0 Å². The van der Waals surface area contributed by atoms with Gasteiger partial charge in [-0.3, -0.25) is 9.59 Å². The molecular formula is C25H31N3O2. The first-order valence-electron chi connectivity index (χ1n) is 11.4. The highest BCUT2D eigenvalue weighted by molar-refractivity contribution is 6.17. The van der Waals surface area contributed by atoms with Gasteiger partial charge in [0.05, 0.1) is 5.56 Å². The van der Waals surface area contributed by atoms with Crippen molar-refractivity contribution in [2.75, 3.05) is 13.1 Å². The van der Waals surface area contributed by atoms with E-state index in [2.05, 4.69) is 13.8 Å². The average Bonchev–Trinajstić information content (AvgIpc) is 3.35. The molecule has 1 amide bonds. The molecule has 3 aromatic rings. The zero-order valence-corrected chi connectivity index (χ0v) is 18.2. The molecule has 0 radical (unpaired) electrons. The van der Waals surface area contributed by atoms with E-state index in [-0.39, 0.29) is 17.5 Å². The van der Waals surface area contributed by atoms with Crippen LogP contribution in [0.5, 0.6) is 0 Å². The number of piperidine rings is 1. The number of aryl methyl sites for hydroxylation is 1. The number of carbonyl (C=O) groups excluding carboxylic acids is 1. The van der Waals surface area contributed by atoms with Crippen LogP contribution in [0, 0.1) is 11.8 Å². The van der Waals surface area contributed by atoms with Gasteiger partial charge in [0.15, 0.2) is 0 Å². The maximum atomic E-state index is 13.8. The summed E-state index contributed by atoms with van der Waals surface area (Å²) < 4.78 is 3.86. The molecule has 2 aromatic heterocycles. The maximum absolute atomic E-state index is 13.8. The molecule has 1 aromatic carbocycles. The first-order valence-corrected chi connectivity index (χ1v) is 11.4. The summed E-state index contributed by atoms with van der Waals surface area (Å²) in [4.78, 5) is 29.4. The minimum absolute atomic E-state index is 0.0348. The molecule has 5 rings (SSSR count). The third kappa shape index (κ3) is 2.98. The van der Waals surface area contributed by atoms with Crippen molar-refractivity contribution in [2.24, 2.45) is 18.9 Å². The molecule has 0 spiro atoms. The molecule has 3 heterocycles.